The number of hydrogen-bond donors (Lipinski definition) is 2. The van der Waals surface area contributed by atoms with Crippen LogP contribution in [0.3, 0.4) is 0 Å². The highest BCUT2D eigenvalue weighted by Gasteiger charge is 2.10. The fraction of sp³-hybridized carbons (Fsp3) is 0.440. The number of likely N-dealkylation sites (tertiary alicyclic amines) is 1. The molecule has 3 rings (SSSR count). The third kappa shape index (κ3) is 8.35. The maximum absolute atomic E-state index is 12.1. The van der Waals surface area contributed by atoms with Crippen molar-refractivity contribution in [2.45, 2.75) is 51.6 Å². The lowest BCUT2D eigenvalue weighted by atomic mass is 10.1. The summed E-state index contributed by atoms with van der Waals surface area (Å²) < 4.78 is 0. The molecule has 0 unspecified atom stereocenters. The number of amides is 2. The van der Waals surface area contributed by atoms with Gasteiger partial charge < -0.3 is 10.6 Å². The van der Waals surface area contributed by atoms with Crippen LogP contribution in [-0.2, 0) is 17.9 Å². The third-order valence-electron chi connectivity index (χ3n) is 5.59. The van der Waals surface area contributed by atoms with Crippen LogP contribution in [0.1, 0.15) is 60.0 Å². The molecule has 6 heteroatoms. The molecule has 0 bridgehead atoms. The standard InChI is InChI=1S/C25H32ClN3O2/c26-23-13-11-22(12-14-23)25(31)27-15-5-6-24(30)28-18-20-7-9-21(10-8-20)19-29-16-3-1-2-4-17-29/h7-14H,1-6,15-19H2,(H,27,31)(H,28,30). The highest BCUT2D eigenvalue weighted by molar-refractivity contribution is 6.30. The molecular formula is C25H32ClN3O2. The Labute approximate surface area is 190 Å². The number of nitrogens with one attached hydrogen (secondary N) is 2. The quantitative estimate of drug-likeness (QED) is 0.561. The summed E-state index contributed by atoms with van der Waals surface area (Å²) in [4.78, 5) is 26.6. The van der Waals surface area contributed by atoms with E-state index in [4.69, 9.17) is 11.6 Å². The minimum absolute atomic E-state index is 0.00520. The van der Waals surface area contributed by atoms with Gasteiger partial charge in [0.1, 0.15) is 0 Å². The fourth-order valence-corrected chi connectivity index (χ4v) is 3.88. The number of rotatable bonds is 9. The van der Waals surface area contributed by atoms with Crippen LogP contribution in [0.15, 0.2) is 48.5 Å². The lowest BCUT2D eigenvalue weighted by Gasteiger charge is -2.19. The summed E-state index contributed by atoms with van der Waals surface area (Å²) in [6.45, 7) is 4.38. The van der Waals surface area contributed by atoms with Gasteiger partial charge in [-0.3, -0.25) is 14.5 Å². The number of benzene rings is 2. The molecule has 1 heterocycles. The zero-order valence-electron chi connectivity index (χ0n) is 18.0. The van der Waals surface area contributed by atoms with Crippen LogP contribution < -0.4 is 10.6 Å². The second kappa shape index (κ2) is 12.5. The zero-order chi connectivity index (χ0) is 21.9. The lowest BCUT2D eigenvalue weighted by Crippen LogP contribution is -2.27. The molecular weight excluding hydrogens is 410 g/mol. The maximum Gasteiger partial charge on any atom is 0.251 e. The summed E-state index contributed by atoms with van der Waals surface area (Å²) in [5.74, 6) is -0.160. The second-order valence-corrected chi connectivity index (χ2v) is 8.59. The van der Waals surface area contributed by atoms with Gasteiger partial charge in [-0.15, -0.1) is 0 Å². The van der Waals surface area contributed by atoms with Gasteiger partial charge >= 0.3 is 0 Å². The van der Waals surface area contributed by atoms with Gasteiger partial charge in [-0.05, 0) is 67.7 Å². The number of nitrogens with zero attached hydrogens (tertiary/aromatic N) is 1. The SMILES string of the molecule is O=C(CCCNC(=O)c1ccc(Cl)cc1)NCc1ccc(CN2CCCCCC2)cc1. The minimum atomic E-state index is -0.155. The molecule has 0 aliphatic carbocycles. The second-order valence-electron chi connectivity index (χ2n) is 8.15. The molecule has 2 aromatic rings. The fourth-order valence-electron chi connectivity index (χ4n) is 3.76. The van der Waals surface area contributed by atoms with E-state index in [9.17, 15) is 9.59 Å². The molecule has 166 valence electrons. The van der Waals surface area contributed by atoms with Gasteiger partial charge in [0.25, 0.3) is 5.91 Å². The number of halogens is 1. The average molecular weight is 442 g/mol. The summed E-state index contributed by atoms with van der Waals surface area (Å²) in [7, 11) is 0. The predicted octanol–water partition coefficient (Wildman–Crippen LogP) is 4.54. The molecule has 0 radical (unpaired) electrons. The summed E-state index contributed by atoms with van der Waals surface area (Å²) in [6.07, 6.45) is 6.28. The van der Waals surface area contributed by atoms with Crippen LogP contribution in [0.5, 0.6) is 0 Å². The highest BCUT2D eigenvalue weighted by atomic mass is 35.5. The monoisotopic (exact) mass is 441 g/mol. The van der Waals surface area contributed by atoms with Crippen molar-refractivity contribution < 1.29 is 9.59 Å². The van der Waals surface area contributed by atoms with Gasteiger partial charge in [0, 0.05) is 36.6 Å². The van der Waals surface area contributed by atoms with Gasteiger partial charge in [0.15, 0.2) is 0 Å². The summed E-state index contributed by atoms with van der Waals surface area (Å²) in [5, 5.41) is 6.38. The minimum Gasteiger partial charge on any atom is -0.352 e. The van der Waals surface area contributed by atoms with E-state index in [0.717, 1.165) is 12.1 Å². The molecule has 2 amide bonds. The first kappa shape index (κ1) is 23.3. The van der Waals surface area contributed by atoms with E-state index in [1.807, 2.05) is 0 Å². The topological polar surface area (TPSA) is 61.4 Å². The van der Waals surface area contributed by atoms with Crippen molar-refractivity contribution in [1.29, 1.82) is 0 Å². The van der Waals surface area contributed by atoms with Crippen molar-refractivity contribution in [3.8, 4) is 0 Å². The van der Waals surface area contributed by atoms with E-state index < -0.39 is 0 Å². The van der Waals surface area contributed by atoms with Crippen molar-refractivity contribution in [3.05, 3.63) is 70.2 Å². The largest absolute Gasteiger partial charge is 0.352 e. The van der Waals surface area contributed by atoms with Crippen molar-refractivity contribution in [2.24, 2.45) is 0 Å². The number of carbonyl (C=O) groups excluding carboxylic acids is 2. The molecule has 1 aliphatic heterocycles. The van der Waals surface area contributed by atoms with Crippen LogP contribution in [0.25, 0.3) is 0 Å². The highest BCUT2D eigenvalue weighted by Crippen LogP contribution is 2.14. The van der Waals surface area contributed by atoms with Crippen molar-refractivity contribution in [3.63, 3.8) is 0 Å². The van der Waals surface area contributed by atoms with Crippen molar-refractivity contribution in [1.82, 2.24) is 15.5 Å². The molecule has 5 nitrogen and oxygen atoms in total. The van der Waals surface area contributed by atoms with Crippen LogP contribution >= 0.6 is 11.6 Å². The molecule has 2 aromatic carbocycles. The van der Waals surface area contributed by atoms with Crippen molar-refractivity contribution >= 4 is 23.4 Å². The van der Waals surface area contributed by atoms with Crippen LogP contribution in [0, 0.1) is 0 Å². The van der Waals surface area contributed by atoms with Gasteiger partial charge in [0.05, 0.1) is 0 Å². The Morgan fingerprint density at radius 2 is 1.48 bits per heavy atom. The smallest absolute Gasteiger partial charge is 0.251 e. The molecule has 0 spiro atoms. The average Bonchev–Trinajstić information content (AvgIpc) is 3.05. The number of hydrogen-bond acceptors (Lipinski definition) is 3. The molecule has 1 saturated heterocycles. The van der Waals surface area contributed by atoms with E-state index in [0.29, 0.717) is 36.5 Å². The van der Waals surface area contributed by atoms with E-state index in [-0.39, 0.29) is 11.8 Å². The molecule has 0 atom stereocenters. The number of carbonyl (C=O) groups is 2. The summed E-state index contributed by atoms with van der Waals surface area (Å²) in [6, 6.07) is 15.3. The first-order valence-electron chi connectivity index (χ1n) is 11.2. The molecule has 2 N–H and O–H groups in total. The van der Waals surface area contributed by atoms with Gasteiger partial charge in [0.2, 0.25) is 5.91 Å². The zero-order valence-corrected chi connectivity index (χ0v) is 18.8. The summed E-state index contributed by atoms with van der Waals surface area (Å²) >= 11 is 5.83. The first-order valence-corrected chi connectivity index (χ1v) is 11.6. The Morgan fingerprint density at radius 1 is 0.839 bits per heavy atom. The predicted molar refractivity (Wildman–Crippen MR) is 125 cm³/mol. The Bertz CT molecular complexity index is 829. The Kier molecular flexibility index (Phi) is 9.38. The van der Waals surface area contributed by atoms with Crippen LogP contribution in [0.4, 0.5) is 0 Å². The molecule has 1 aliphatic rings. The first-order chi connectivity index (χ1) is 15.1. The van der Waals surface area contributed by atoms with E-state index in [1.54, 1.807) is 24.3 Å². The van der Waals surface area contributed by atoms with E-state index in [1.165, 1.54) is 44.3 Å². The van der Waals surface area contributed by atoms with E-state index >= 15 is 0 Å². The van der Waals surface area contributed by atoms with Crippen LogP contribution in [0.2, 0.25) is 5.02 Å². The Morgan fingerprint density at radius 3 is 2.16 bits per heavy atom. The van der Waals surface area contributed by atoms with Gasteiger partial charge in [-0.1, -0.05) is 48.7 Å². The van der Waals surface area contributed by atoms with Gasteiger partial charge in [-0.25, -0.2) is 0 Å². The Hall–Kier alpha value is -2.37. The lowest BCUT2D eigenvalue weighted by molar-refractivity contribution is -0.121. The van der Waals surface area contributed by atoms with Gasteiger partial charge in [-0.2, -0.15) is 0 Å². The van der Waals surface area contributed by atoms with Crippen LogP contribution in [-0.4, -0.2) is 36.3 Å². The Balaban J connectivity index is 1.31. The molecule has 1 fully saturated rings. The molecule has 0 aromatic heterocycles. The normalized spacial score (nSPS) is 14.6. The van der Waals surface area contributed by atoms with Crippen molar-refractivity contribution in [2.75, 3.05) is 19.6 Å². The van der Waals surface area contributed by atoms with E-state index in [2.05, 4.69) is 39.8 Å². The molecule has 31 heavy (non-hydrogen) atoms. The maximum atomic E-state index is 12.1. The molecule has 0 saturated carbocycles. The third-order valence-corrected chi connectivity index (χ3v) is 5.84. The summed E-state index contributed by atoms with van der Waals surface area (Å²) in [5.41, 5.74) is 2.99.